The van der Waals surface area contributed by atoms with Gasteiger partial charge in [0.25, 0.3) is 0 Å². The molecule has 0 unspecified atom stereocenters. The second-order valence-corrected chi connectivity index (χ2v) is 5.68. The molecular formula is C14H10BrNS. The van der Waals surface area contributed by atoms with Gasteiger partial charge >= 0.3 is 0 Å². The van der Waals surface area contributed by atoms with Crippen molar-refractivity contribution in [3.05, 3.63) is 58.1 Å². The Morgan fingerprint density at radius 1 is 1.12 bits per heavy atom. The van der Waals surface area contributed by atoms with Crippen molar-refractivity contribution in [1.82, 2.24) is 0 Å². The third-order valence-corrected chi connectivity index (χ3v) is 4.03. The Balaban J connectivity index is 2.23. The van der Waals surface area contributed by atoms with Gasteiger partial charge in [-0.1, -0.05) is 27.7 Å². The summed E-state index contributed by atoms with van der Waals surface area (Å²) in [7, 11) is 0. The Kier molecular flexibility index (Phi) is 3.88. The molecule has 0 radical (unpaired) electrons. The van der Waals surface area contributed by atoms with Gasteiger partial charge in [0.15, 0.2) is 0 Å². The van der Waals surface area contributed by atoms with Crippen LogP contribution in [0, 0.1) is 18.3 Å². The van der Waals surface area contributed by atoms with Gasteiger partial charge in [-0.05, 0) is 55.0 Å². The Morgan fingerprint density at radius 2 is 1.82 bits per heavy atom. The molecule has 0 bridgehead atoms. The number of rotatable bonds is 2. The van der Waals surface area contributed by atoms with Gasteiger partial charge in [-0.25, -0.2) is 0 Å². The van der Waals surface area contributed by atoms with E-state index in [1.54, 1.807) is 11.8 Å². The molecule has 0 heterocycles. The molecule has 2 aromatic carbocycles. The molecule has 3 heteroatoms. The van der Waals surface area contributed by atoms with E-state index in [0.29, 0.717) is 5.56 Å². The van der Waals surface area contributed by atoms with Crippen molar-refractivity contribution in [2.24, 2.45) is 0 Å². The maximum absolute atomic E-state index is 8.73. The largest absolute Gasteiger partial charge is 0.192 e. The monoisotopic (exact) mass is 303 g/mol. The van der Waals surface area contributed by atoms with Crippen molar-refractivity contribution >= 4 is 27.7 Å². The highest BCUT2D eigenvalue weighted by atomic mass is 79.9. The van der Waals surface area contributed by atoms with Gasteiger partial charge in [-0.15, -0.1) is 0 Å². The standard InChI is InChI=1S/C14H10BrNS/c1-10-8-12(15)4-7-14(10)17-13-5-2-11(9-16)3-6-13/h2-8H,1H3. The first-order chi connectivity index (χ1) is 8.19. The summed E-state index contributed by atoms with van der Waals surface area (Å²) < 4.78 is 1.10. The minimum Gasteiger partial charge on any atom is -0.192 e. The van der Waals surface area contributed by atoms with Gasteiger partial charge in [0.2, 0.25) is 0 Å². The van der Waals surface area contributed by atoms with Crippen molar-refractivity contribution in [2.45, 2.75) is 16.7 Å². The van der Waals surface area contributed by atoms with Gasteiger partial charge in [0.05, 0.1) is 11.6 Å². The van der Waals surface area contributed by atoms with Crippen LogP contribution in [0.2, 0.25) is 0 Å². The maximum Gasteiger partial charge on any atom is 0.0991 e. The number of aryl methyl sites for hydroxylation is 1. The quantitative estimate of drug-likeness (QED) is 0.797. The van der Waals surface area contributed by atoms with E-state index in [1.807, 2.05) is 30.3 Å². The molecule has 0 aromatic heterocycles. The molecule has 0 atom stereocenters. The van der Waals surface area contributed by atoms with Crippen LogP contribution in [0.1, 0.15) is 11.1 Å². The third kappa shape index (κ3) is 3.12. The Bertz CT molecular complexity index is 570. The average Bonchev–Trinajstić information content (AvgIpc) is 2.34. The highest BCUT2D eigenvalue weighted by Gasteiger charge is 2.02. The van der Waals surface area contributed by atoms with Crippen molar-refractivity contribution in [3.8, 4) is 6.07 Å². The SMILES string of the molecule is Cc1cc(Br)ccc1Sc1ccc(C#N)cc1. The van der Waals surface area contributed by atoms with Crippen molar-refractivity contribution < 1.29 is 0 Å². The number of halogens is 1. The third-order valence-electron chi connectivity index (χ3n) is 2.35. The van der Waals surface area contributed by atoms with Crippen LogP contribution in [-0.2, 0) is 0 Å². The van der Waals surface area contributed by atoms with Crippen molar-refractivity contribution in [3.63, 3.8) is 0 Å². The Morgan fingerprint density at radius 3 is 2.41 bits per heavy atom. The number of hydrogen-bond acceptors (Lipinski definition) is 2. The summed E-state index contributed by atoms with van der Waals surface area (Å²) in [6.45, 7) is 2.09. The summed E-state index contributed by atoms with van der Waals surface area (Å²) in [6, 6.07) is 16.0. The topological polar surface area (TPSA) is 23.8 Å². The number of nitrogens with zero attached hydrogens (tertiary/aromatic N) is 1. The van der Waals surface area contributed by atoms with Crippen LogP contribution in [0.25, 0.3) is 0 Å². The molecule has 0 saturated carbocycles. The smallest absolute Gasteiger partial charge is 0.0991 e. The van der Waals surface area contributed by atoms with Gasteiger partial charge in [-0.2, -0.15) is 5.26 Å². The number of nitriles is 1. The summed E-state index contributed by atoms with van der Waals surface area (Å²) in [5.74, 6) is 0. The van der Waals surface area contributed by atoms with E-state index in [9.17, 15) is 0 Å². The molecule has 17 heavy (non-hydrogen) atoms. The maximum atomic E-state index is 8.73. The summed E-state index contributed by atoms with van der Waals surface area (Å²) in [6.07, 6.45) is 0. The summed E-state index contributed by atoms with van der Waals surface area (Å²) in [5, 5.41) is 8.73. The predicted octanol–water partition coefficient (Wildman–Crippen LogP) is 4.78. The second-order valence-electron chi connectivity index (χ2n) is 3.65. The second kappa shape index (κ2) is 5.39. The fourth-order valence-electron chi connectivity index (χ4n) is 1.45. The van der Waals surface area contributed by atoms with Crippen LogP contribution in [0.15, 0.2) is 56.7 Å². The zero-order chi connectivity index (χ0) is 12.3. The molecule has 0 amide bonds. The van der Waals surface area contributed by atoms with E-state index in [1.165, 1.54) is 10.5 Å². The summed E-state index contributed by atoms with van der Waals surface area (Å²) >= 11 is 5.17. The highest BCUT2D eigenvalue weighted by molar-refractivity contribution is 9.10. The van der Waals surface area contributed by atoms with Gasteiger partial charge in [0, 0.05) is 14.3 Å². The highest BCUT2D eigenvalue weighted by Crippen LogP contribution is 2.31. The van der Waals surface area contributed by atoms with E-state index in [-0.39, 0.29) is 0 Å². The van der Waals surface area contributed by atoms with E-state index in [0.717, 1.165) is 9.37 Å². The zero-order valence-corrected chi connectivity index (χ0v) is 11.7. The van der Waals surface area contributed by atoms with E-state index in [4.69, 9.17) is 5.26 Å². The van der Waals surface area contributed by atoms with Crippen molar-refractivity contribution in [1.29, 1.82) is 5.26 Å². The zero-order valence-electron chi connectivity index (χ0n) is 9.27. The van der Waals surface area contributed by atoms with E-state index < -0.39 is 0 Å². The molecule has 2 aromatic rings. The minimum absolute atomic E-state index is 0.696. The van der Waals surface area contributed by atoms with E-state index >= 15 is 0 Å². The first kappa shape index (κ1) is 12.2. The van der Waals surface area contributed by atoms with Crippen LogP contribution in [-0.4, -0.2) is 0 Å². The van der Waals surface area contributed by atoms with Crippen LogP contribution in [0.5, 0.6) is 0 Å². The van der Waals surface area contributed by atoms with E-state index in [2.05, 4.69) is 41.1 Å². The number of benzene rings is 2. The fourth-order valence-corrected chi connectivity index (χ4v) is 2.81. The molecule has 0 aliphatic carbocycles. The van der Waals surface area contributed by atoms with Crippen LogP contribution in [0.3, 0.4) is 0 Å². The molecule has 0 saturated heterocycles. The van der Waals surface area contributed by atoms with Crippen molar-refractivity contribution in [2.75, 3.05) is 0 Å². The van der Waals surface area contributed by atoms with Gasteiger partial charge in [0.1, 0.15) is 0 Å². The molecular weight excluding hydrogens is 294 g/mol. The average molecular weight is 304 g/mol. The molecule has 0 aliphatic rings. The van der Waals surface area contributed by atoms with Gasteiger partial charge < -0.3 is 0 Å². The lowest BCUT2D eigenvalue weighted by molar-refractivity contribution is 1.28. The predicted molar refractivity (Wildman–Crippen MR) is 74.2 cm³/mol. The first-order valence-corrected chi connectivity index (χ1v) is 6.74. The molecule has 0 N–H and O–H groups in total. The fraction of sp³-hybridized carbons (Fsp3) is 0.0714. The van der Waals surface area contributed by atoms with Crippen LogP contribution in [0.4, 0.5) is 0 Å². The first-order valence-electron chi connectivity index (χ1n) is 5.13. The summed E-state index contributed by atoms with van der Waals surface area (Å²) in [4.78, 5) is 2.38. The Hall–Kier alpha value is -1.24. The Labute approximate surface area is 114 Å². The molecule has 0 aliphatic heterocycles. The molecule has 0 fully saturated rings. The molecule has 1 nitrogen and oxygen atoms in total. The van der Waals surface area contributed by atoms with Crippen LogP contribution >= 0.6 is 27.7 Å². The van der Waals surface area contributed by atoms with Gasteiger partial charge in [-0.3, -0.25) is 0 Å². The molecule has 0 spiro atoms. The summed E-state index contributed by atoms with van der Waals surface area (Å²) in [5.41, 5.74) is 1.94. The minimum atomic E-state index is 0.696. The molecule has 2 rings (SSSR count). The van der Waals surface area contributed by atoms with Crippen LogP contribution < -0.4 is 0 Å². The molecule has 84 valence electrons. The lowest BCUT2D eigenvalue weighted by Gasteiger charge is -2.05. The lowest BCUT2D eigenvalue weighted by atomic mass is 10.2. The normalized spacial score (nSPS) is 9.94. The lowest BCUT2D eigenvalue weighted by Crippen LogP contribution is -1.80. The number of hydrogen-bond donors (Lipinski definition) is 0.